The lowest BCUT2D eigenvalue weighted by molar-refractivity contribution is 1.14. The fraction of sp³-hybridized carbons (Fsp3) is 0. The normalized spacial score (nSPS) is 10.2. The van der Waals surface area contributed by atoms with Crippen molar-refractivity contribution in [1.29, 1.82) is 10.5 Å². The molecule has 1 heterocycles. The highest BCUT2D eigenvalue weighted by Crippen LogP contribution is 2.19. The average molecular weight is 374 g/mol. The van der Waals surface area contributed by atoms with Crippen molar-refractivity contribution < 1.29 is 0 Å². The molecule has 4 nitrogen and oxygen atoms in total. The third kappa shape index (κ3) is 3.48. The van der Waals surface area contributed by atoms with E-state index in [9.17, 15) is 0 Å². The Kier molecular flexibility index (Phi) is 4.84. The van der Waals surface area contributed by atoms with Gasteiger partial charge in [0.2, 0.25) is 0 Å². The first kappa shape index (κ1) is 17.5. The molecule has 2 radical (unpaired) electrons. The van der Waals surface area contributed by atoms with Crippen molar-refractivity contribution in [3.8, 4) is 17.8 Å². The number of imidazole rings is 1. The minimum Gasteiger partial charge on any atom is -0.300 e. The van der Waals surface area contributed by atoms with Crippen LogP contribution in [-0.2, 0) is 0 Å². The maximum Gasteiger partial charge on any atom is 0.172 e. The lowest BCUT2D eigenvalue weighted by Gasteiger charge is -2.09. The van der Waals surface area contributed by atoms with Gasteiger partial charge in [0.1, 0.15) is 17.7 Å². The first-order chi connectivity index (χ1) is 13.8. The van der Waals surface area contributed by atoms with Gasteiger partial charge >= 0.3 is 0 Å². The number of nitriles is 2. The van der Waals surface area contributed by atoms with Gasteiger partial charge in [0.05, 0.1) is 16.5 Å². The Morgan fingerprint density at radius 1 is 0.893 bits per heavy atom. The van der Waals surface area contributed by atoms with Crippen LogP contribution in [0, 0.1) is 22.7 Å². The summed E-state index contributed by atoms with van der Waals surface area (Å²) in [7, 11) is 0.409. The van der Waals surface area contributed by atoms with Gasteiger partial charge in [-0.05, 0) is 35.9 Å². The molecule has 0 amide bonds. The van der Waals surface area contributed by atoms with Crippen molar-refractivity contribution in [3.63, 3.8) is 0 Å². The van der Waals surface area contributed by atoms with Crippen molar-refractivity contribution in [2.45, 2.75) is 0 Å². The topological polar surface area (TPSA) is 65.4 Å². The van der Waals surface area contributed by atoms with Crippen LogP contribution in [0.15, 0.2) is 84.4 Å². The molecule has 3 aromatic carbocycles. The molecule has 0 aliphatic rings. The molecule has 130 valence electrons. The van der Waals surface area contributed by atoms with Gasteiger partial charge in [-0.25, -0.2) is 4.98 Å². The lowest BCUT2D eigenvalue weighted by atomic mass is 10.1. The molecule has 0 N–H and O–H groups in total. The van der Waals surface area contributed by atoms with Gasteiger partial charge in [0.25, 0.3) is 0 Å². The van der Waals surface area contributed by atoms with E-state index in [0.29, 0.717) is 9.52 Å². The van der Waals surface area contributed by atoms with E-state index in [1.54, 1.807) is 6.08 Å². The number of hydrogen-bond acceptors (Lipinski definition) is 3. The van der Waals surface area contributed by atoms with Crippen LogP contribution in [0.3, 0.4) is 0 Å². The van der Waals surface area contributed by atoms with Crippen molar-refractivity contribution in [2.24, 2.45) is 0 Å². The summed E-state index contributed by atoms with van der Waals surface area (Å²) in [5.74, 6) is 0. The minimum absolute atomic E-state index is 0.0771. The smallest absolute Gasteiger partial charge is 0.172 e. The summed E-state index contributed by atoms with van der Waals surface area (Å²) in [6.45, 7) is 0. The maximum absolute atomic E-state index is 9.00. The summed E-state index contributed by atoms with van der Waals surface area (Å²) < 4.78 is 2.17. The zero-order valence-corrected chi connectivity index (χ0v) is 15.9. The van der Waals surface area contributed by atoms with Gasteiger partial charge in [-0.3, -0.25) is 0 Å². The SMILES string of the molecule is N#CC(C#N)=Cc1ccc2c(c1)nc([Si]c1ccccc1)n2-c1ccccc1. The Labute approximate surface area is 165 Å². The third-order valence-corrected chi connectivity index (χ3v) is 5.46. The Morgan fingerprint density at radius 2 is 1.57 bits per heavy atom. The number of hydrogen-bond donors (Lipinski definition) is 0. The summed E-state index contributed by atoms with van der Waals surface area (Å²) in [6, 6.07) is 30.1. The van der Waals surface area contributed by atoms with Gasteiger partial charge in [-0.15, -0.1) is 0 Å². The van der Waals surface area contributed by atoms with Crippen LogP contribution >= 0.6 is 0 Å². The number of fused-ring (bicyclic) bond motifs is 1. The summed E-state index contributed by atoms with van der Waals surface area (Å²) in [5.41, 5.74) is 4.73. The van der Waals surface area contributed by atoms with Crippen LogP contribution in [0.5, 0.6) is 0 Å². The molecule has 0 atom stereocenters. The monoisotopic (exact) mass is 374 g/mol. The molecule has 0 fully saturated rings. The number of rotatable bonds is 4. The second-order valence-electron chi connectivity index (χ2n) is 6.13. The maximum atomic E-state index is 9.00. The number of allylic oxidation sites excluding steroid dienone is 1. The van der Waals surface area contributed by atoms with Gasteiger partial charge < -0.3 is 4.57 Å². The van der Waals surface area contributed by atoms with Crippen molar-refractivity contribution in [2.75, 3.05) is 0 Å². The van der Waals surface area contributed by atoms with Crippen LogP contribution in [0.2, 0.25) is 0 Å². The van der Waals surface area contributed by atoms with E-state index in [1.807, 2.05) is 66.7 Å². The predicted molar refractivity (Wildman–Crippen MR) is 112 cm³/mol. The molecule has 1 aromatic heterocycles. The lowest BCUT2D eigenvalue weighted by Crippen LogP contribution is -2.34. The molecule has 28 heavy (non-hydrogen) atoms. The summed E-state index contributed by atoms with van der Waals surface area (Å²) >= 11 is 0. The molecule has 0 unspecified atom stereocenters. The Balaban J connectivity index is 1.88. The van der Waals surface area contributed by atoms with E-state index >= 15 is 0 Å². The van der Waals surface area contributed by atoms with Crippen molar-refractivity contribution in [3.05, 3.63) is 90.0 Å². The summed E-state index contributed by atoms with van der Waals surface area (Å²) in [6.07, 6.45) is 1.58. The van der Waals surface area contributed by atoms with Gasteiger partial charge in [0.15, 0.2) is 9.52 Å². The highest BCUT2D eigenvalue weighted by molar-refractivity contribution is 6.66. The zero-order valence-electron chi connectivity index (χ0n) is 14.9. The molecule has 0 aliphatic carbocycles. The fourth-order valence-electron chi connectivity index (χ4n) is 3.02. The number of aromatic nitrogens is 2. The van der Waals surface area contributed by atoms with Gasteiger partial charge in [-0.2, -0.15) is 10.5 Å². The van der Waals surface area contributed by atoms with Crippen LogP contribution in [0.25, 0.3) is 22.8 Å². The van der Waals surface area contributed by atoms with E-state index in [0.717, 1.165) is 27.7 Å². The Morgan fingerprint density at radius 3 is 2.25 bits per heavy atom. The van der Waals surface area contributed by atoms with Gasteiger partial charge in [0, 0.05) is 5.69 Å². The quantitative estimate of drug-likeness (QED) is 0.407. The number of para-hydroxylation sites is 1. The standard InChI is InChI=1S/C23H14N4Si/c24-15-18(16-25)13-17-11-12-22-21(14-17)26-23(28-20-9-5-2-6-10-20)27(22)19-7-3-1-4-8-19/h1-14H. The fourth-order valence-corrected chi connectivity index (χ4v) is 4.17. The second kappa shape index (κ2) is 7.75. The largest absolute Gasteiger partial charge is 0.300 e. The number of nitrogens with zero attached hydrogens (tertiary/aromatic N) is 4. The highest BCUT2D eigenvalue weighted by Gasteiger charge is 2.14. The molecular formula is C23H14N4Si. The van der Waals surface area contributed by atoms with Crippen LogP contribution in [0.1, 0.15) is 5.56 Å². The van der Waals surface area contributed by atoms with Crippen LogP contribution in [-0.4, -0.2) is 19.1 Å². The Bertz CT molecular complexity index is 1230. The summed E-state index contributed by atoms with van der Waals surface area (Å²) in [5, 5.41) is 19.2. The third-order valence-electron chi connectivity index (χ3n) is 4.27. The van der Waals surface area contributed by atoms with Crippen LogP contribution < -0.4 is 10.6 Å². The predicted octanol–water partition coefficient (Wildman–Crippen LogP) is 3.11. The van der Waals surface area contributed by atoms with E-state index in [2.05, 4.69) is 28.8 Å². The molecule has 0 bridgehead atoms. The molecule has 4 aromatic rings. The highest BCUT2D eigenvalue weighted by atomic mass is 28.2. The molecule has 0 saturated carbocycles. The zero-order chi connectivity index (χ0) is 19.3. The molecule has 0 aliphatic heterocycles. The average Bonchev–Trinajstić information content (AvgIpc) is 3.10. The van der Waals surface area contributed by atoms with Gasteiger partial charge in [-0.1, -0.05) is 59.8 Å². The summed E-state index contributed by atoms with van der Waals surface area (Å²) in [4.78, 5) is 4.88. The molecule has 5 heteroatoms. The van der Waals surface area contributed by atoms with E-state index in [1.165, 1.54) is 5.19 Å². The van der Waals surface area contributed by atoms with Crippen molar-refractivity contribution in [1.82, 2.24) is 9.55 Å². The molecule has 4 rings (SSSR count). The van der Waals surface area contributed by atoms with E-state index in [4.69, 9.17) is 15.5 Å². The first-order valence-electron chi connectivity index (χ1n) is 8.70. The number of benzene rings is 3. The second-order valence-corrected chi connectivity index (χ2v) is 7.40. The molecule has 0 saturated heterocycles. The molecular weight excluding hydrogens is 360 g/mol. The van der Waals surface area contributed by atoms with Crippen LogP contribution in [0.4, 0.5) is 0 Å². The van der Waals surface area contributed by atoms with Crippen molar-refractivity contribution >= 4 is 37.3 Å². The first-order valence-corrected chi connectivity index (χ1v) is 9.70. The molecule has 0 spiro atoms. The van der Waals surface area contributed by atoms with E-state index < -0.39 is 0 Å². The van der Waals surface area contributed by atoms with E-state index in [-0.39, 0.29) is 5.57 Å². The Hall–Kier alpha value is -3.93. The minimum atomic E-state index is 0.0771.